The Morgan fingerprint density at radius 2 is 1.18 bits per heavy atom. The summed E-state index contributed by atoms with van der Waals surface area (Å²) in [4.78, 5) is 7.94. The van der Waals surface area contributed by atoms with E-state index < -0.39 is 0 Å². The molecule has 4 heteroatoms. The van der Waals surface area contributed by atoms with Gasteiger partial charge in [-0.15, -0.1) is 0 Å². The van der Waals surface area contributed by atoms with Crippen LogP contribution in [-0.4, -0.2) is 12.3 Å². The molecule has 0 aromatic heterocycles. The number of para-hydroxylation sites is 3. The Balaban J connectivity index is 1.35. The third-order valence-electron chi connectivity index (χ3n) is 14.1. The zero-order valence-electron chi connectivity index (χ0n) is 34.4. The van der Waals surface area contributed by atoms with Crippen LogP contribution in [0.2, 0.25) is 0 Å². The Bertz CT molecular complexity index is 2470. The van der Waals surface area contributed by atoms with Crippen LogP contribution >= 0.6 is 0 Å². The average molecular weight is 732 g/mol. The van der Waals surface area contributed by atoms with Crippen LogP contribution < -0.4 is 31.1 Å². The molecular weight excluding hydrogens is 677 g/mol. The van der Waals surface area contributed by atoms with Gasteiger partial charge in [0.05, 0.1) is 11.2 Å². The molecule has 1 aliphatic carbocycles. The van der Waals surface area contributed by atoms with Gasteiger partial charge >= 0.3 is 0 Å². The molecule has 2 unspecified atom stereocenters. The van der Waals surface area contributed by atoms with E-state index in [9.17, 15) is 0 Å². The second kappa shape index (κ2) is 12.1. The lowest BCUT2D eigenvalue weighted by molar-refractivity contribution is 0.195. The second-order valence-electron chi connectivity index (χ2n) is 19.4. The molecule has 10 rings (SSSR count). The SMILES string of the molecule is CC(C)(C)c1cccc(N2c3cc(C(C)(C)C)ccc3B3c4cccc5c4N(c4cc(N(c6ccccc6)c6ccccc6)cc2c43)C2(C)CCCCC52C)c1. The summed E-state index contributed by atoms with van der Waals surface area (Å²) in [6.07, 6.45) is 4.91. The summed E-state index contributed by atoms with van der Waals surface area (Å²) in [5.41, 5.74) is 18.6. The molecule has 2 atom stereocenters. The van der Waals surface area contributed by atoms with E-state index in [1.807, 2.05) is 0 Å². The first kappa shape index (κ1) is 35.2. The number of fused-ring (bicyclic) bond motifs is 7. The second-order valence-corrected chi connectivity index (χ2v) is 19.4. The predicted molar refractivity (Wildman–Crippen MR) is 241 cm³/mol. The summed E-state index contributed by atoms with van der Waals surface area (Å²) in [6, 6.07) is 51.0. The number of rotatable bonds is 4. The first-order valence-electron chi connectivity index (χ1n) is 20.9. The lowest BCUT2D eigenvalue weighted by Crippen LogP contribution is -2.64. The van der Waals surface area contributed by atoms with Crippen LogP contribution in [0.1, 0.15) is 97.8 Å². The Morgan fingerprint density at radius 1 is 0.554 bits per heavy atom. The largest absolute Gasteiger partial charge is 0.335 e. The summed E-state index contributed by atoms with van der Waals surface area (Å²) in [5.74, 6) is 0. The summed E-state index contributed by atoms with van der Waals surface area (Å²) in [7, 11) is 0. The highest BCUT2D eigenvalue weighted by Crippen LogP contribution is 2.62. The van der Waals surface area contributed by atoms with Crippen LogP contribution in [0.3, 0.4) is 0 Å². The van der Waals surface area contributed by atoms with Crippen LogP contribution in [0.5, 0.6) is 0 Å². The van der Waals surface area contributed by atoms with Crippen molar-refractivity contribution in [2.24, 2.45) is 0 Å². The fraction of sp³-hybridized carbons (Fsp3) is 0.308. The van der Waals surface area contributed by atoms with Gasteiger partial charge in [-0.05, 0) is 118 Å². The minimum absolute atomic E-state index is 0.00506. The molecule has 3 nitrogen and oxygen atoms in total. The zero-order chi connectivity index (χ0) is 38.8. The third kappa shape index (κ3) is 4.97. The molecule has 0 saturated heterocycles. The fourth-order valence-electron chi connectivity index (χ4n) is 10.8. The molecule has 1 saturated carbocycles. The molecule has 0 amide bonds. The molecular formula is C52H54BN3. The van der Waals surface area contributed by atoms with Gasteiger partial charge in [-0.25, -0.2) is 0 Å². The van der Waals surface area contributed by atoms with Gasteiger partial charge in [0, 0.05) is 45.2 Å². The van der Waals surface area contributed by atoms with Crippen LogP contribution in [-0.2, 0) is 16.2 Å². The zero-order valence-corrected chi connectivity index (χ0v) is 34.4. The van der Waals surface area contributed by atoms with E-state index in [-0.39, 0.29) is 28.5 Å². The number of benzene rings is 6. The minimum atomic E-state index is -0.0568. The van der Waals surface area contributed by atoms with Gasteiger partial charge in [0.1, 0.15) is 0 Å². The summed E-state index contributed by atoms with van der Waals surface area (Å²) in [6.45, 7) is 19.3. The Labute approximate surface area is 335 Å². The van der Waals surface area contributed by atoms with Gasteiger partial charge in [-0.3, -0.25) is 0 Å². The fourth-order valence-corrected chi connectivity index (χ4v) is 10.8. The molecule has 280 valence electrons. The molecule has 6 aromatic carbocycles. The van der Waals surface area contributed by atoms with E-state index in [0.29, 0.717) is 0 Å². The molecule has 1 fully saturated rings. The third-order valence-corrected chi connectivity index (χ3v) is 14.1. The van der Waals surface area contributed by atoms with E-state index in [0.717, 1.165) is 11.4 Å². The van der Waals surface area contributed by atoms with Crippen molar-refractivity contribution >= 4 is 68.6 Å². The quantitative estimate of drug-likeness (QED) is 0.167. The molecule has 3 aliphatic heterocycles. The highest BCUT2D eigenvalue weighted by Gasteiger charge is 2.61. The number of nitrogens with zero attached hydrogens (tertiary/aromatic N) is 3. The first-order valence-corrected chi connectivity index (χ1v) is 20.9. The Morgan fingerprint density at radius 3 is 1.86 bits per heavy atom. The summed E-state index contributed by atoms with van der Waals surface area (Å²) < 4.78 is 0. The van der Waals surface area contributed by atoms with E-state index >= 15 is 0 Å². The Kier molecular flexibility index (Phi) is 7.64. The van der Waals surface area contributed by atoms with Gasteiger partial charge in [0.2, 0.25) is 0 Å². The van der Waals surface area contributed by atoms with Gasteiger partial charge in [0.25, 0.3) is 6.71 Å². The lowest BCUT2D eigenvalue weighted by Gasteiger charge is -2.53. The minimum Gasteiger partial charge on any atom is -0.335 e. The Hall–Kier alpha value is -5.22. The van der Waals surface area contributed by atoms with Crippen molar-refractivity contribution in [3.8, 4) is 0 Å². The van der Waals surface area contributed by atoms with Crippen molar-refractivity contribution < 1.29 is 0 Å². The first-order chi connectivity index (χ1) is 26.8. The smallest absolute Gasteiger partial charge is 0.252 e. The van der Waals surface area contributed by atoms with Crippen LogP contribution in [0.15, 0.2) is 133 Å². The van der Waals surface area contributed by atoms with Gasteiger partial charge in [-0.1, -0.05) is 140 Å². The predicted octanol–water partition coefficient (Wildman–Crippen LogP) is 12.1. The van der Waals surface area contributed by atoms with E-state index in [2.05, 4.69) is 204 Å². The van der Waals surface area contributed by atoms with E-state index in [4.69, 9.17) is 0 Å². The normalized spacial score (nSPS) is 20.6. The molecule has 0 bridgehead atoms. The molecule has 0 radical (unpaired) electrons. The maximum Gasteiger partial charge on any atom is 0.252 e. The average Bonchev–Trinajstić information content (AvgIpc) is 3.40. The van der Waals surface area contributed by atoms with Crippen molar-refractivity contribution in [3.05, 3.63) is 150 Å². The maximum absolute atomic E-state index is 2.85. The topological polar surface area (TPSA) is 9.72 Å². The van der Waals surface area contributed by atoms with Gasteiger partial charge < -0.3 is 14.7 Å². The van der Waals surface area contributed by atoms with Crippen molar-refractivity contribution in [2.45, 2.75) is 103 Å². The van der Waals surface area contributed by atoms with Crippen molar-refractivity contribution in [1.82, 2.24) is 0 Å². The summed E-state index contributed by atoms with van der Waals surface area (Å²) in [5, 5.41) is 0. The van der Waals surface area contributed by atoms with Crippen molar-refractivity contribution in [3.63, 3.8) is 0 Å². The molecule has 3 heterocycles. The van der Waals surface area contributed by atoms with Crippen LogP contribution in [0, 0.1) is 0 Å². The van der Waals surface area contributed by atoms with Gasteiger partial charge in [0.15, 0.2) is 0 Å². The highest BCUT2D eigenvalue weighted by molar-refractivity contribution is 7.00. The van der Waals surface area contributed by atoms with E-state index in [1.165, 1.54) is 92.9 Å². The molecule has 0 N–H and O–H groups in total. The molecule has 6 aromatic rings. The van der Waals surface area contributed by atoms with Gasteiger partial charge in [-0.2, -0.15) is 0 Å². The highest BCUT2D eigenvalue weighted by atomic mass is 15.3. The summed E-state index contributed by atoms with van der Waals surface area (Å²) >= 11 is 0. The molecule has 56 heavy (non-hydrogen) atoms. The number of anilines is 8. The molecule has 0 spiro atoms. The van der Waals surface area contributed by atoms with Crippen LogP contribution in [0.4, 0.5) is 45.5 Å². The van der Waals surface area contributed by atoms with Crippen LogP contribution in [0.25, 0.3) is 0 Å². The van der Waals surface area contributed by atoms with E-state index in [1.54, 1.807) is 0 Å². The van der Waals surface area contributed by atoms with Crippen molar-refractivity contribution in [2.75, 3.05) is 14.7 Å². The van der Waals surface area contributed by atoms with Crippen molar-refractivity contribution in [1.29, 1.82) is 0 Å². The number of hydrogen-bond donors (Lipinski definition) is 0. The monoisotopic (exact) mass is 731 g/mol. The number of hydrogen-bond acceptors (Lipinski definition) is 3. The standard InChI is InChI=1S/C52H54BN3/c1-49(2,3)35-19-17-24-39(31-35)55-44-32-36(50(4,5)6)27-28-42(44)53-43-26-18-25-41-48(43)56(52(8)30-16-15-29-51(41,52)7)46-34-40(33-45(55)47(46)53)54(37-20-11-9-12-21-37)38-22-13-10-14-23-38/h9-14,17-28,31-34H,15-16,29-30H2,1-8H3. The maximum atomic E-state index is 2.85. The lowest BCUT2D eigenvalue weighted by atomic mass is 9.33. The molecule has 4 aliphatic rings.